The van der Waals surface area contributed by atoms with E-state index in [4.69, 9.17) is 14.6 Å². The first-order chi connectivity index (χ1) is 9.93. The van der Waals surface area contributed by atoms with Crippen molar-refractivity contribution in [1.82, 2.24) is 5.32 Å². The van der Waals surface area contributed by atoms with Crippen molar-refractivity contribution in [2.24, 2.45) is 5.41 Å². The number of carbonyl (C=O) groups excluding carboxylic acids is 1. The average Bonchev–Trinajstić information content (AvgIpc) is 2.50. The Balaban J connectivity index is 2.67. The van der Waals surface area contributed by atoms with E-state index in [1.54, 1.807) is 25.3 Å². The Kier molecular flexibility index (Phi) is 6.49. The smallest absolute Gasteiger partial charge is 0.251 e. The first-order valence-corrected chi connectivity index (χ1v) is 7.04. The molecule has 0 unspecified atom stereocenters. The second kappa shape index (κ2) is 7.88. The van der Waals surface area contributed by atoms with Crippen molar-refractivity contribution in [2.75, 3.05) is 27.4 Å². The number of amides is 1. The van der Waals surface area contributed by atoms with E-state index >= 15 is 0 Å². The van der Waals surface area contributed by atoms with Crippen molar-refractivity contribution in [2.45, 2.75) is 26.7 Å². The molecule has 5 heteroatoms. The van der Waals surface area contributed by atoms with E-state index in [-0.39, 0.29) is 17.9 Å². The van der Waals surface area contributed by atoms with Gasteiger partial charge in [-0.3, -0.25) is 4.79 Å². The minimum Gasteiger partial charge on any atom is -0.493 e. The van der Waals surface area contributed by atoms with Crippen LogP contribution in [0.1, 0.15) is 37.0 Å². The Morgan fingerprint density at radius 2 is 1.90 bits per heavy atom. The third kappa shape index (κ3) is 5.27. The highest BCUT2D eigenvalue weighted by Gasteiger charge is 2.19. The lowest BCUT2D eigenvalue weighted by atomic mass is 9.88. The van der Waals surface area contributed by atoms with Gasteiger partial charge in [0.1, 0.15) is 0 Å². The molecule has 0 heterocycles. The molecular formula is C16H25NO4. The number of aliphatic hydroxyl groups is 1. The van der Waals surface area contributed by atoms with Gasteiger partial charge in [-0.2, -0.15) is 0 Å². The molecule has 1 aromatic rings. The second-order valence-corrected chi connectivity index (χ2v) is 5.74. The van der Waals surface area contributed by atoms with Crippen molar-refractivity contribution in [3.05, 3.63) is 23.8 Å². The molecule has 118 valence electrons. The number of hydrogen-bond donors (Lipinski definition) is 2. The minimum absolute atomic E-state index is 0.0467. The molecule has 0 spiro atoms. The Labute approximate surface area is 126 Å². The Morgan fingerprint density at radius 3 is 2.48 bits per heavy atom. The van der Waals surface area contributed by atoms with Crippen LogP contribution < -0.4 is 14.8 Å². The zero-order valence-corrected chi connectivity index (χ0v) is 13.2. The van der Waals surface area contributed by atoms with Crippen LogP contribution in [0.25, 0.3) is 0 Å². The van der Waals surface area contributed by atoms with Crippen molar-refractivity contribution < 1.29 is 19.4 Å². The van der Waals surface area contributed by atoms with Crippen LogP contribution >= 0.6 is 0 Å². The van der Waals surface area contributed by atoms with Crippen LogP contribution in [0.3, 0.4) is 0 Å². The summed E-state index contributed by atoms with van der Waals surface area (Å²) in [4.78, 5) is 12.2. The first kappa shape index (κ1) is 17.3. The predicted molar refractivity (Wildman–Crippen MR) is 82.0 cm³/mol. The van der Waals surface area contributed by atoms with Gasteiger partial charge >= 0.3 is 0 Å². The molecule has 0 aliphatic carbocycles. The van der Waals surface area contributed by atoms with Gasteiger partial charge in [-0.05, 0) is 36.5 Å². The number of rotatable bonds is 8. The molecule has 0 saturated carbocycles. The topological polar surface area (TPSA) is 67.8 Å². The lowest BCUT2D eigenvalue weighted by Crippen LogP contribution is -2.34. The first-order valence-electron chi connectivity index (χ1n) is 7.04. The summed E-state index contributed by atoms with van der Waals surface area (Å²) < 4.78 is 10.3. The van der Waals surface area contributed by atoms with E-state index in [1.807, 2.05) is 0 Å². The molecule has 1 rings (SSSR count). The van der Waals surface area contributed by atoms with Crippen molar-refractivity contribution in [3.63, 3.8) is 0 Å². The largest absolute Gasteiger partial charge is 0.493 e. The highest BCUT2D eigenvalue weighted by Crippen LogP contribution is 2.27. The molecule has 0 fully saturated rings. The van der Waals surface area contributed by atoms with Crippen LogP contribution in [-0.2, 0) is 0 Å². The fraction of sp³-hybridized carbons (Fsp3) is 0.562. The molecule has 1 amide bonds. The van der Waals surface area contributed by atoms with Gasteiger partial charge in [-0.1, -0.05) is 13.8 Å². The number of aliphatic hydroxyl groups excluding tert-OH is 1. The summed E-state index contributed by atoms with van der Waals surface area (Å²) in [5.74, 6) is 0.982. The zero-order valence-electron chi connectivity index (χ0n) is 13.2. The fourth-order valence-corrected chi connectivity index (χ4v) is 2.05. The molecule has 0 saturated heterocycles. The summed E-state index contributed by atoms with van der Waals surface area (Å²) in [5.41, 5.74) is 0.486. The molecular weight excluding hydrogens is 270 g/mol. The van der Waals surface area contributed by atoms with Crippen LogP contribution in [-0.4, -0.2) is 38.4 Å². The van der Waals surface area contributed by atoms with E-state index in [9.17, 15) is 4.79 Å². The standard InChI is InChI=1S/C16H25NO4/c1-16(2,8-5-9-18)11-17-15(19)12-6-7-13(20-3)14(10-12)21-4/h6-7,10,18H,5,8-9,11H2,1-4H3,(H,17,19). The maximum absolute atomic E-state index is 12.2. The van der Waals surface area contributed by atoms with Gasteiger partial charge in [-0.15, -0.1) is 0 Å². The van der Waals surface area contributed by atoms with Crippen LogP contribution in [0.15, 0.2) is 18.2 Å². The molecule has 0 radical (unpaired) electrons. The Hall–Kier alpha value is -1.75. The number of ether oxygens (including phenoxy) is 2. The van der Waals surface area contributed by atoms with E-state index in [0.29, 0.717) is 23.6 Å². The van der Waals surface area contributed by atoms with Gasteiger partial charge in [0.15, 0.2) is 11.5 Å². The minimum atomic E-state index is -0.145. The zero-order chi connectivity index (χ0) is 15.9. The average molecular weight is 295 g/mol. The van der Waals surface area contributed by atoms with Gasteiger partial charge in [-0.25, -0.2) is 0 Å². The van der Waals surface area contributed by atoms with Crippen LogP contribution in [0, 0.1) is 5.41 Å². The Bertz CT molecular complexity index is 471. The molecule has 0 atom stereocenters. The van der Waals surface area contributed by atoms with E-state index < -0.39 is 0 Å². The summed E-state index contributed by atoms with van der Waals surface area (Å²) in [6, 6.07) is 5.08. The van der Waals surface area contributed by atoms with Gasteiger partial charge < -0.3 is 19.9 Å². The van der Waals surface area contributed by atoms with Crippen LogP contribution in [0.5, 0.6) is 11.5 Å². The van der Waals surface area contributed by atoms with Gasteiger partial charge in [0.05, 0.1) is 14.2 Å². The lowest BCUT2D eigenvalue weighted by Gasteiger charge is -2.24. The second-order valence-electron chi connectivity index (χ2n) is 5.74. The monoisotopic (exact) mass is 295 g/mol. The molecule has 21 heavy (non-hydrogen) atoms. The molecule has 0 bridgehead atoms. The van der Waals surface area contributed by atoms with Crippen molar-refractivity contribution >= 4 is 5.91 Å². The number of carbonyl (C=O) groups is 1. The normalized spacial score (nSPS) is 11.1. The number of benzene rings is 1. The maximum Gasteiger partial charge on any atom is 0.251 e. The highest BCUT2D eigenvalue weighted by atomic mass is 16.5. The molecule has 0 aliphatic rings. The van der Waals surface area contributed by atoms with Crippen LogP contribution in [0.2, 0.25) is 0 Å². The fourth-order valence-electron chi connectivity index (χ4n) is 2.05. The molecule has 2 N–H and O–H groups in total. The summed E-state index contributed by atoms with van der Waals surface area (Å²) in [5, 5.41) is 11.8. The number of nitrogens with one attached hydrogen (secondary N) is 1. The van der Waals surface area contributed by atoms with Crippen LogP contribution in [0.4, 0.5) is 0 Å². The van der Waals surface area contributed by atoms with Gasteiger partial charge in [0, 0.05) is 18.7 Å². The summed E-state index contributed by atoms with van der Waals surface area (Å²) in [6.45, 7) is 4.86. The van der Waals surface area contributed by atoms with Gasteiger partial charge in [0.2, 0.25) is 0 Å². The van der Waals surface area contributed by atoms with E-state index in [1.165, 1.54) is 7.11 Å². The Morgan fingerprint density at radius 1 is 1.24 bits per heavy atom. The number of methoxy groups -OCH3 is 2. The lowest BCUT2D eigenvalue weighted by molar-refractivity contribution is 0.0932. The molecule has 0 aliphatic heterocycles. The number of hydrogen-bond acceptors (Lipinski definition) is 4. The molecule has 0 aromatic heterocycles. The predicted octanol–water partition coefficient (Wildman–Crippen LogP) is 2.23. The van der Waals surface area contributed by atoms with Gasteiger partial charge in [0.25, 0.3) is 5.91 Å². The third-order valence-electron chi connectivity index (χ3n) is 3.38. The van der Waals surface area contributed by atoms with Crippen molar-refractivity contribution in [3.8, 4) is 11.5 Å². The summed E-state index contributed by atoms with van der Waals surface area (Å²) in [7, 11) is 3.10. The molecule has 5 nitrogen and oxygen atoms in total. The summed E-state index contributed by atoms with van der Waals surface area (Å²) >= 11 is 0. The third-order valence-corrected chi connectivity index (χ3v) is 3.38. The van der Waals surface area contributed by atoms with Crippen molar-refractivity contribution in [1.29, 1.82) is 0 Å². The van der Waals surface area contributed by atoms with E-state index in [2.05, 4.69) is 19.2 Å². The summed E-state index contributed by atoms with van der Waals surface area (Å²) in [6.07, 6.45) is 1.59. The highest BCUT2D eigenvalue weighted by molar-refractivity contribution is 5.94. The quantitative estimate of drug-likeness (QED) is 0.772. The van der Waals surface area contributed by atoms with E-state index in [0.717, 1.165) is 12.8 Å². The maximum atomic E-state index is 12.2. The molecule has 1 aromatic carbocycles. The SMILES string of the molecule is COc1ccc(C(=O)NCC(C)(C)CCCO)cc1OC.